The standard InChI is InChI=1S/C12H17N5S/c1-4-14-10-5-13-6-11(17-10)16-9(3)12-15-8(2)7-18-12/h5-7,9H,4H2,1-3H3,(H2,14,16,17). The maximum absolute atomic E-state index is 4.46. The number of rotatable bonds is 5. The summed E-state index contributed by atoms with van der Waals surface area (Å²) in [4.78, 5) is 13.0. The molecule has 0 aliphatic rings. The van der Waals surface area contributed by atoms with Crippen LogP contribution in [0.4, 0.5) is 11.6 Å². The van der Waals surface area contributed by atoms with Gasteiger partial charge in [-0.25, -0.2) is 9.97 Å². The van der Waals surface area contributed by atoms with Gasteiger partial charge in [-0.3, -0.25) is 4.98 Å². The van der Waals surface area contributed by atoms with Crippen molar-refractivity contribution in [2.45, 2.75) is 26.8 Å². The van der Waals surface area contributed by atoms with Gasteiger partial charge in [0.1, 0.15) is 16.6 Å². The van der Waals surface area contributed by atoms with E-state index in [0.29, 0.717) is 0 Å². The SMILES string of the molecule is CCNc1cncc(NC(C)c2nc(C)cs2)n1. The van der Waals surface area contributed by atoms with E-state index in [2.05, 4.69) is 32.5 Å². The highest BCUT2D eigenvalue weighted by molar-refractivity contribution is 7.09. The molecule has 5 nitrogen and oxygen atoms in total. The van der Waals surface area contributed by atoms with E-state index in [0.717, 1.165) is 28.9 Å². The first-order chi connectivity index (χ1) is 8.69. The molecule has 2 heterocycles. The van der Waals surface area contributed by atoms with Crippen LogP contribution in [0, 0.1) is 6.92 Å². The molecule has 0 aromatic carbocycles. The molecule has 0 saturated carbocycles. The Labute approximate surface area is 111 Å². The predicted octanol–water partition coefficient (Wildman–Crippen LogP) is 2.85. The Morgan fingerprint density at radius 1 is 1.28 bits per heavy atom. The molecule has 1 atom stereocenters. The van der Waals surface area contributed by atoms with Crippen molar-refractivity contribution in [3.63, 3.8) is 0 Å². The smallest absolute Gasteiger partial charge is 0.147 e. The lowest BCUT2D eigenvalue weighted by atomic mass is 10.3. The van der Waals surface area contributed by atoms with Gasteiger partial charge in [0, 0.05) is 17.6 Å². The van der Waals surface area contributed by atoms with Crippen molar-refractivity contribution in [3.8, 4) is 0 Å². The molecular weight excluding hydrogens is 246 g/mol. The van der Waals surface area contributed by atoms with E-state index in [1.54, 1.807) is 23.7 Å². The largest absolute Gasteiger partial charge is 0.369 e. The molecule has 0 aliphatic carbocycles. The monoisotopic (exact) mass is 263 g/mol. The van der Waals surface area contributed by atoms with Crippen molar-refractivity contribution in [1.29, 1.82) is 0 Å². The second-order valence-corrected chi connectivity index (χ2v) is 4.90. The van der Waals surface area contributed by atoms with Crippen molar-refractivity contribution >= 4 is 23.0 Å². The second-order valence-electron chi connectivity index (χ2n) is 4.01. The maximum Gasteiger partial charge on any atom is 0.147 e. The van der Waals surface area contributed by atoms with Crippen LogP contribution >= 0.6 is 11.3 Å². The number of aromatic nitrogens is 3. The minimum absolute atomic E-state index is 0.134. The van der Waals surface area contributed by atoms with Crippen LogP contribution in [0.1, 0.15) is 30.6 Å². The number of nitrogens with zero attached hydrogens (tertiary/aromatic N) is 3. The zero-order chi connectivity index (χ0) is 13.0. The van der Waals surface area contributed by atoms with Gasteiger partial charge in [-0.15, -0.1) is 11.3 Å². The Kier molecular flexibility index (Phi) is 4.09. The van der Waals surface area contributed by atoms with Gasteiger partial charge in [0.05, 0.1) is 18.4 Å². The first kappa shape index (κ1) is 12.8. The van der Waals surface area contributed by atoms with Crippen LogP contribution in [0.2, 0.25) is 0 Å². The second kappa shape index (κ2) is 5.77. The van der Waals surface area contributed by atoms with E-state index in [1.807, 2.05) is 19.2 Å². The van der Waals surface area contributed by atoms with Gasteiger partial charge in [-0.1, -0.05) is 0 Å². The van der Waals surface area contributed by atoms with Crippen molar-refractivity contribution in [2.24, 2.45) is 0 Å². The van der Waals surface area contributed by atoms with Crippen LogP contribution in [0.5, 0.6) is 0 Å². The Morgan fingerprint density at radius 2 is 2.06 bits per heavy atom. The number of aryl methyl sites for hydroxylation is 1. The van der Waals surface area contributed by atoms with Crippen LogP contribution < -0.4 is 10.6 Å². The summed E-state index contributed by atoms with van der Waals surface area (Å²) in [5.41, 5.74) is 1.05. The lowest BCUT2D eigenvalue weighted by Gasteiger charge is -2.12. The van der Waals surface area contributed by atoms with E-state index in [9.17, 15) is 0 Å². The molecule has 0 aliphatic heterocycles. The van der Waals surface area contributed by atoms with E-state index >= 15 is 0 Å². The molecule has 6 heteroatoms. The van der Waals surface area contributed by atoms with E-state index in [1.165, 1.54) is 0 Å². The average Bonchev–Trinajstić information content (AvgIpc) is 2.77. The highest BCUT2D eigenvalue weighted by atomic mass is 32.1. The zero-order valence-electron chi connectivity index (χ0n) is 10.8. The quantitative estimate of drug-likeness (QED) is 0.868. The van der Waals surface area contributed by atoms with E-state index in [4.69, 9.17) is 0 Å². The molecule has 0 radical (unpaired) electrons. The van der Waals surface area contributed by atoms with Gasteiger partial charge in [0.25, 0.3) is 0 Å². The molecule has 2 aromatic rings. The Bertz CT molecular complexity index is 511. The summed E-state index contributed by atoms with van der Waals surface area (Å²) in [5, 5.41) is 9.55. The fourth-order valence-electron chi connectivity index (χ4n) is 1.56. The molecule has 2 rings (SSSR count). The van der Waals surface area contributed by atoms with Crippen molar-refractivity contribution in [2.75, 3.05) is 17.2 Å². The summed E-state index contributed by atoms with van der Waals surface area (Å²) < 4.78 is 0. The Morgan fingerprint density at radius 3 is 2.72 bits per heavy atom. The third-order valence-corrected chi connectivity index (χ3v) is 3.51. The average molecular weight is 263 g/mol. The third kappa shape index (κ3) is 3.16. The molecule has 18 heavy (non-hydrogen) atoms. The topological polar surface area (TPSA) is 62.7 Å². The van der Waals surface area contributed by atoms with Gasteiger partial charge in [0.2, 0.25) is 0 Å². The van der Waals surface area contributed by atoms with Gasteiger partial charge in [-0.2, -0.15) is 0 Å². The summed E-state index contributed by atoms with van der Waals surface area (Å²) in [6, 6.07) is 0.134. The Hall–Kier alpha value is -1.69. The van der Waals surface area contributed by atoms with Crippen LogP contribution in [0.25, 0.3) is 0 Å². The summed E-state index contributed by atoms with van der Waals surface area (Å²) in [7, 11) is 0. The number of anilines is 2. The number of thiazole rings is 1. The molecule has 96 valence electrons. The maximum atomic E-state index is 4.46. The van der Waals surface area contributed by atoms with Crippen LogP contribution in [0.15, 0.2) is 17.8 Å². The van der Waals surface area contributed by atoms with Crippen LogP contribution in [-0.4, -0.2) is 21.5 Å². The molecule has 2 N–H and O–H groups in total. The van der Waals surface area contributed by atoms with Crippen LogP contribution in [-0.2, 0) is 0 Å². The highest BCUT2D eigenvalue weighted by Crippen LogP contribution is 2.21. The summed E-state index contributed by atoms with van der Waals surface area (Å²) >= 11 is 1.65. The molecule has 0 amide bonds. The normalized spacial score (nSPS) is 12.2. The zero-order valence-corrected chi connectivity index (χ0v) is 11.6. The summed E-state index contributed by atoms with van der Waals surface area (Å²) in [5.74, 6) is 1.54. The fraction of sp³-hybridized carbons (Fsp3) is 0.417. The number of nitrogens with one attached hydrogen (secondary N) is 2. The lowest BCUT2D eigenvalue weighted by molar-refractivity contribution is 0.853. The predicted molar refractivity (Wildman–Crippen MR) is 75.1 cm³/mol. The highest BCUT2D eigenvalue weighted by Gasteiger charge is 2.10. The first-order valence-electron chi connectivity index (χ1n) is 5.93. The number of hydrogen-bond donors (Lipinski definition) is 2. The molecule has 2 aromatic heterocycles. The van der Waals surface area contributed by atoms with E-state index in [-0.39, 0.29) is 6.04 Å². The lowest BCUT2D eigenvalue weighted by Crippen LogP contribution is -2.09. The van der Waals surface area contributed by atoms with Crippen LogP contribution in [0.3, 0.4) is 0 Å². The van der Waals surface area contributed by atoms with Gasteiger partial charge in [-0.05, 0) is 20.8 Å². The molecule has 0 bridgehead atoms. The molecule has 0 saturated heterocycles. The molecule has 0 spiro atoms. The van der Waals surface area contributed by atoms with Gasteiger partial charge < -0.3 is 10.6 Å². The van der Waals surface area contributed by atoms with Crippen molar-refractivity contribution in [3.05, 3.63) is 28.5 Å². The molecule has 0 fully saturated rings. The van der Waals surface area contributed by atoms with Crippen molar-refractivity contribution in [1.82, 2.24) is 15.0 Å². The minimum atomic E-state index is 0.134. The van der Waals surface area contributed by atoms with E-state index < -0.39 is 0 Å². The Balaban J connectivity index is 2.06. The summed E-state index contributed by atoms with van der Waals surface area (Å²) in [6.45, 7) is 6.93. The number of hydrogen-bond acceptors (Lipinski definition) is 6. The first-order valence-corrected chi connectivity index (χ1v) is 6.81. The van der Waals surface area contributed by atoms with Crippen molar-refractivity contribution < 1.29 is 0 Å². The summed E-state index contributed by atoms with van der Waals surface area (Å²) in [6.07, 6.45) is 3.44. The van der Waals surface area contributed by atoms with Gasteiger partial charge >= 0.3 is 0 Å². The minimum Gasteiger partial charge on any atom is -0.369 e. The molecular formula is C12H17N5S. The fourth-order valence-corrected chi connectivity index (χ4v) is 2.36. The third-order valence-electron chi connectivity index (χ3n) is 2.36. The van der Waals surface area contributed by atoms with Gasteiger partial charge in [0.15, 0.2) is 0 Å². The molecule has 1 unspecified atom stereocenters.